The van der Waals surface area contributed by atoms with Crippen molar-refractivity contribution in [3.8, 4) is 0 Å². The lowest BCUT2D eigenvalue weighted by Crippen LogP contribution is -2.21. The topological polar surface area (TPSA) is 30.5 Å². The Labute approximate surface area is 42.6 Å². The van der Waals surface area contributed by atoms with Crippen LogP contribution in [0.3, 0.4) is 0 Å². The van der Waals surface area contributed by atoms with E-state index in [-0.39, 0.29) is 6.23 Å². The first-order valence-corrected chi connectivity index (χ1v) is 2.19. The van der Waals surface area contributed by atoms with Crippen molar-refractivity contribution in [1.29, 1.82) is 0 Å². The third-order valence-corrected chi connectivity index (χ3v) is 0.878. The number of hydrogen-bond acceptors (Lipinski definition) is 3. The second-order valence-electron chi connectivity index (χ2n) is 1.36. The second-order valence-corrected chi connectivity index (χ2v) is 1.36. The van der Waals surface area contributed by atoms with Gasteiger partial charge < -0.3 is 4.74 Å². The third-order valence-electron chi connectivity index (χ3n) is 0.878. The fourth-order valence-electron chi connectivity index (χ4n) is 0.452. The van der Waals surface area contributed by atoms with E-state index in [1.165, 1.54) is 0 Å². The molecule has 1 radical (unpaired) electrons. The molecule has 1 rings (SSSR count). The molecule has 3 heteroatoms. The highest BCUT2D eigenvalue weighted by Crippen LogP contribution is 2.03. The predicted octanol–water partition coefficient (Wildman–Crippen LogP) is 0.0456. The minimum Gasteiger partial charge on any atom is -0.364 e. The Hall–Kier alpha value is -0.120. The van der Waals surface area contributed by atoms with Crippen molar-refractivity contribution in [3.63, 3.8) is 0 Å². The Kier molecular flexibility index (Phi) is 1.62. The Bertz CT molecular complexity index is 51.7. The maximum Gasteiger partial charge on any atom is 0.132 e. The van der Waals surface area contributed by atoms with E-state index in [1.54, 1.807) is 13.7 Å². The molecule has 0 spiro atoms. The van der Waals surface area contributed by atoms with Gasteiger partial charge in [-0.3, -0.25) is 4.84 Å². The fraction of sp³-hybridized carbons (Fsp3) is 0.750. The standard InChI is InChI=1S/C4H8NO2/c1-6-4-2-3-7-5-4/h3-5H,2H2,1H3. The van der Waals surface area contributed by atoms with Crippen LogP contribution in [0.1, 0.15) is 6.42 Å². The molecule has 1 fully saturated rings. The van der Waals surface area contributed by atoms with Crippen LogP contribution in [0.15, 0.2) is 0 Å². The van der Waals surface area contributed by atoms with Crippen LogP contribution in [0, 0.1) is 6.61 Å². The van der Waals surface area contributed by atoms with Crippen molar-refractivity contribution in [2.24, 2.45) is 0 Å². The minimum absolute atomic E-state index is 0.0694. The van der Waals surface area contributed by atoms with Gasteiger partial charge in [-0.05, 0) is 0 Å². The number of ether oxygens (including phenoxy) is 1. The third kappa shape index (κ3) is 1.12. The van der Waals surface area contributed by atoms with Gasteiger partial charge in [-0.25, -0.2) is 0 Å². The highest BCUT2D eigenvalue weighted by molar-refractivity contribution is 4.62. The number of methoxy groups -OCH3 is 1. The average molecular weight is 102 g/mol. The Morgan fingerprint density at radius 2 is 2.86 bits per heavy atom. The lowest BCUT2D eigenvalue weighted by atomic mass is 10.4. The van der Waals surface area contributed by atoms with Crippen LogP contribution >= 0.6 is 0 Å². The minimum atomic E-state index is 0.0694. The molecule has 0 amide bonds. The molecule has 1 N–H and O–H groups in total. The molecular formula is C4H8NO2. The van der Waals surface area contributed by atoms with Crippen molar-refractivity contribution in [2.75, 3.05) is 7.11 Å². The van der Waals surface area contributed by atoms with Gasteiger partial charge in [-0.1, -0.05) is 0 Å². The van der Waals surface area contributed by atoms with E-state index in [1.807, 2.05) is 0 Å². The van der Waals surface area contributed by atoms with E-state index < -0.39 is 0 Å². The molecular weight excluding hydrogens is 94.0 g/mol. The van der Waals surface area contributed by atoms with Crippen LogP contribution in [-0.4, -0.2) is 13.3 Å². The van der Waals surface area contributed by atoms with Gasteiger partial charge in [0.15, 0.2) is 0 Å². The highest BCUT2D eigenvalue weighted by Gasteiger charge is 2.12. The first-order valence-electron chi connectivity index (χ1n) is 2.19. The zero-order chi connectivity index (χ0) is 5.11. The number of rotatable bonds is 1. The van der Waals surface area contributed by atoms with Crippen molar-refractivity contribution < 1.29 is 9.57 Å². The molecule has 7 heavy (non-hydrogen) atoms. The Morgan fingerprint density at radius 3 is 3.14 bits per heavy atom. The summed E-state index contributed by atoms with van der Waals surface area (Å²) in [5.41, 5.74) is 2.63. The summed E-state index contributed by atoms with van der Waals surface area (Å²) in [4.78, 5) is 4.65. The molecule has 0 aromatic rings. The van der Waals surface area contributed by atoms with Gasteiger partial charge in [0.2, 0.25) is 0 Å². The Morgan fingerprint density at radius 1 is 2.00 bits per heavy atom. The van der Waals surface area contributed by atoms with Crippen LogP contribution in [0.5, 0.6) is 0 Å². The molecule has 0 aliphatic carbocycles. The van der Waals surface area contributed by atoms with Gasteiger partial charge in [0.25, 0.3) is 0 Å². The van der Waals surface area contributed by atoms with Gasteiger partial charge in [0.1, 0.15) is 12.8 Å². The SMILES string of the molecule is COC1C[CH]ON1. The predicted molar refractivity (Wildman–Crippen MR) is 23.9 cm³/mol. The second kappa shape index (κ2) is 2.26. The fourth-order valence-corrected chi connectivity index (χ4v) is 0.452. The molecule has 0 bridgehead atoms. The summed E-state index contributed by atoms with van der Waals surface area (Å²) in [7, 11) is 1.64. The normalized spacial score (nSPS) is 31.3. The molecule has 1 saturated heterocycles. The van der Waals surface area contributed by atoms with Crippen LogP contribution in [0.2, 0.25) is 0 Å². The summed E-state index contributed by atoms with van der Waals surface area (Å²) in [6.45, 7) is 1.67. The molecule has 1 aliphatic heterocycles. The van der Waals surface area contributed by atoms with E-state index in [2.05, 4.69) is 10.3 Å². The van der Waals surface area contributed by atoms with Crippen molar-refractivity contribution in [3.05, 3.63) is 6.61 Å². The monoisotopic (exact) mass is 102 g/mol. The summed E-state index contributed by atoms with van der Waals surface area (Å²) in [6.07, 6.45) is 0.899. The van der Waals surface area contributed by atoms with Crippen molar-refractivity contribution in [1.82, 2.24) is 5.48 Å². The first kappa shape index (κ1) is 5.03. The summed E-state index contributed by atoms with van der Waals surface area (Å²) in [6, 6.07) is 0. The molecule has 3 nitrogen and oxygen atoms in total. The molecule has 41 valence electrons. The molecule has 1 heterocycles. The van der Waals surface area contributed by atoms with E-state index in [0.717, 1.165) is 6.42 Å². The van der Waals surface area contributed by atoms with Gasteiger partial charge in [-0.2, -0.15) is 5.48 Å². The zero-order valence-electron chi connectivity index (χ0n) is 4.18. The lowest BCUT2D eigenvalue weighted by Gasteiger charge is -2.01. The number of nitrogens with one attached hydrogen (secondary N) is 1. The van der Waals surface area contributed by atoms with E-state index in [4.69, 9.17) is 4.74 Å². The van der Waals surface area contributed by atoms with Crippen LogP contribution in [-0.2, 0) is 9.57 Å². The van der Waals surface area contributed by atoms with E-state index in [9.17, 15) is 0 Å². The smallest absolute Gasteiger partial charge is 0.132 e. The molecule has 1 unspecified atom stereocenters. The van der Waals surface area contributed by atoms with Crippen molar-refractivity contribution >= 4 is 0 Å². The lowest BCUT2D eigenvalue weighted by molar-refractivity contribution is 0.0102. The summed E-state index contributed by atoms with van der Waals surface area (Å²) in [5.74, 6) is 0. The van der Waals surface area contributed by atoms with Gasteiger partial charge in [-0.15, -0.1) is 0 Å². The largest absolute Gasteiger partial charge is 0.364 e. The molecule has 1 atom stereocenters. The van der Waals surface area contributed by atoms with Gasteiger partial charge >= 0.3 is 0 Å². The Balaban J connectivity index is 2.14. The van der Waals surface area contributed by atoms with Crippen LogP contribution in [0.4, 0.5) is 0 Å². The van der Waals surface area contributed by atoms with Crippen LogP contribution < -0.4 is 5.48 Å². The summed E-state index contributed by atoms with van der Waals surface area (Å²) in [5, 5.41) is 0. The number of hydroxylamine groups is 1. The first-order chi connectivity index (χ1) is 3.43. The molecule has 1 aliphatic rings. The van der Waals surface area contributed by atoms with Gasteiger partial charge in [0.05, 0.1) is 0 Å². The summed E-state index contributed by atoms with van der Waals surface area (Å²) >= 11 is 0. The molecule has 0 aromatic heterocycles. The maximum absolute atomic E-state index is 4.84. The van der Waals surface area contributed by atoms with Gasteiger partial charge in [0, 0.05) is 13.5 Å². The van der Waals surface area contributed by atoms with E-state index >= 15 is 0 Å². The van der Waals surface area contributed by atoms with Crippen LogP contribution in [0.25, 0.3) is 0 Å². The summed E-state index contributed by atoms with van der Waals surface area (Å²) < 4.78 is 4.84. The zero-order valence-corrected chi connectivity index (χ0v) is 4.18. The maximum atomic E-state index is 4.84. The highest BCUT2D eigenvalue weighted by atomic mass is 16.7. The van der Waals surface area contributed by atoms with E-state index in [0.29, 0.717) is 0 Å². The molecule has 0 saturated carbocycles. The molecule has 0 aromatic carbocycles. The van der Waals surface area contributed by atoms with Crippen molar-refractivity contribution in [2.45, 2.75) is 12.6 Å². The number of hydrogen-bond donors (Lipinski definition) is 1. The quantitative estimate of drug-likeness (QED) is 0.507. The average Bonchev–Trinajstić information content (AvgIpc) is 2.14.